The van der Waals surface area contributed by atoms with Crippen LogP contribution >= 0.6 is 15.9 Å². The number of halogens is 2. The van der Waals surface area contributed by atoms with E-state index in [0.29, 0.717) is 28.1 Å². The number of nitrogens with zero attached hydrogens (tertiary/aromatic N) is 2. The first-order valence-corrected chi connectivity index (χ1v) is 5.81. The van der Waals surface area contributed by atoms with Gasteiger partial charge >= 0.3 is 0 Å². The number of aryl methyl sites for hydroxylation is 1. The fourth-order valence-corrected chi connectivity index (χ4v) is 1.85. The van der Waals surface area contributed by atoms with Gasteiger partial charge in [0.25, 0.3) is 5.56 Å². The van der Waals surface area contributed by atoms with Gasteiger partial charge in [0.1, 0.15) is 16.0 Å². The quantitative estimate of drug-likeness (QED) is 0.925. The molecular formula is C11H9BrFN3O. The smallest absolute Gasteiger partial charge is 0.265 e. The number of pyridine rings is 1. The molecule has 2 rings (SSSR count). The van der Waals surface area contributed by atoms with E-state index in [-0.39, 0.29) is 5.56 Å². The molecule has 2 aromatic rings. The molecule has 0 aliphatic heterocycles. The van der Waals surface area contributed by atoms with Crippen molar-refractivity contribution in [2.45, 2.75) is 13.3 Å². The fourth-order valence-electron chi connectivity index (χ4n) is 1.38. The predicted molar refractivity (Wildman–Crippen MR) is 65.1 cm³/mol. The van der Waals surface area contributed by atoms with Crippen LogP contribution in [0.4, 0.5) is 4.39 Å². The molecule has 0 atom stereocenters. The largest absolute Gasteiger partial charge is 0.304 e. The van der Waals surface area contributed by atoms with Gasteiger partial charge in [-0.25, -0.2) is 14.4 Å². The number of H-pyrrole nitrogens is 1. The monoisotopic (exact) mass is 297 g/mol. The fraction of sp³-hybridized carbons (Fsp3) is 0.182. The standard InChI is InChI=1S/C11H9BrFN3O/c1-2-7-9(12)11(17)16-10(15-7)8-4-3-6(13)5-14-8/h3-5H,2H2,1H3,(H,15,16,17). The highest BCUT2D eigenvalue weighted by molar-refractivity contribution is 9.10. The Bertz CT molecular complexity index is 595. The summed E-state index contributed by atoms with van der Waals surface area (Å²) in [6.07, 6.45) is 1.71. The summed E-state index contributed by atoms with van der Waals surface area (Å²) < 4.78 is 13.2. The Morgan fingerprint density at radius 3 is 2.82 bits per heavy atom. The Morgan fingerprint density at radius 1 is 1.47 bits per heavy atom. The maximum atomic E-state index is 12.7. The van der Waals surface area contributed by atoms with Crippen molar-refractivity contribution in [3.8, 4) is 11.5 Å². The lowest BCUT2D eigenvalue weighted by Crippen LogP contribution is -2.13. The van der Waals surface area contributed by atoms with E-state index in [0.717, 1.165) is 6.20 Å². The molecule has 0 spiro atoms. The average Bonchev–Trinajstić information content (AvgIpc) is 2.33. The molecular weight excluding hydrogens is 289 g/mol. The second-order valence-corrected chi connectivity index (χ2v) is 4.18. The number of hydrogen-bond acceptors (Lipinski definition) is 3. The normalized spacial score (nSPS) is 10.5. The van der Waals surface area contributed by atoms with E-state index >= 15 is 0 Å². The highest BCUT2D eigenvalue weighted by Crippen LogP contribution is 2.15. The molecule has 4 nitrogen and oxygen atoms in total. The van der Waals surface area contributed by atoms with Crippen LogP contribution in [0.25, 0.3) is 11.5 Å². The number of hydrogen-bond donors (Lipinski definition) is 1. The van der Waals surface area contributed by atoms with Crippen molar-refractivity contribution in [3.05, 3.63) is 44.7 Å². The van der Waals surface area contributed by atoms with Gasteiger partial charge in [0.15, 0.2) is 5.82 Å². The molecule has 0 bridgehead atoms. The molecule has 2 heterocycles. The van der Waals surface area contributed by atoms with Crippen LogP contribution in [-0.2, 0) is 6.42 Å². The molecule has 17 heavy (non-hydrogen) atoms. The van der Waals surface area contributed by atoms with Crippen molar-refractivity contribution in [1.82, 2.24) is 15.0 Å². The lowest BCUT2D eigenvalue weighted by Gasteiger charge is -2.04. The van der Waals surface area contributed by atoms with Gasteiger partial charge in [-0.2, -0.15) is 0 Å². The lowest BCUT2D eigenvalue weighted by molar-refractivity contribution is 0.621. The maximum Gasteiger partial charge on any atom is 0.265 e. The minimum Gasteiger partial charge on any atom is -0.304 e. The third kappa shape index (κ3) is 2.41. The van der Waals surface area contributed by atoms with Gasteiger partial charge < -0.3 is 4.98 Å². The zero-order valence-electron chi connectivity index (χ0n) is 9.00. The molecule has 0 aliphatic carbocycles. The van der Waals surface area contributed by atoms with Crippen LogP contribution in [0.5, 0.6) is 0 Å². The van der Waals surface area contributed by atoms with Crippen LogP contribution in [0.2, 0.25) is 0 Å². The molecule has 88 valence electrons. The summed E-state index contributed by atoms with van der Waals surface area (Å²) in [5.74, 6) is -0.0843. The number of aromatic amines is 1. The van der Waals surface area contributed by atoms with Gasteiger partial charge in [0.2, 0.25) is 0 Å². The highest BCUT2D eigenvalue weighted by atomic mass is 79.9. The second kappa shape index (κ2) is 4.75. The van der Waals surface area contributed by atoms with Crippen molar-refractivity contribution in [1.29, 1.82) is 0 Å². The molecule has 0 unspecified atom stereocenters. The summed E-state index contributed by atoms with van der Waals surface area (Å²) in [6, 6.07) is 2.75. The van der Waals surface area contributed by atoms with E-state index in [9.17, 15) is 9.18 Å². The molecule has 0 radical (unpaired) electrons. The van der Waals surface area contributed by atoms with Crippen molar-refractivity contribution >= 4 is 15.9 Å². The molecule has 0 saturated carbocycles. The van der Waals surface area contributed by atoms with Crippen molar-refractivity contribution in [2.75, 3.05) is 0 Å². The van der Waals surface area contributed by atoms with E-state index in [1.54, 1.807) is 0 Å². The number of nitrogens with one attached hydrogen (secondary N) is 1. The summed E-state index contributed by atoms with van der Waals surface area (Å²) >= 11 is 3.17. The van der Waals surface area contributed by atoms with Gasteiger partial charge in [0, 0.05) is 0 Å². The summed E-state index contributed by atoms with van der Waals surface area (Å²) in [5.41, 5.74) is 0.818. The summed E-state index contributed by atoms with van der Waals surface area (Å²) in [4.78, 5) is 22.3. The van der Waals surface area contributed by atoms with Crippen LogP contribution in [0.15, 0.2) is 27.6 Å². The predicted octanol–water partition coefficient (Wildman–Crippen LogP) is 2.30. The Balaban J connectivity index is 2.56. The van der Waals surface area contributed by atoms with E-state index in [2.05, 4.69) is 30.9 Å². The Kier molecular flexibility index (Phi) is 3.33. The highest BCUT2D eigenvalue weighted by Gasteiger charge is 2.09. The third-order valence-electron chi connectivity index (χ3n) is 2.24. The van der Waals surface area contributed by atoms with Crippen LogP contribution in [0, 0.1) is 5.82 Å². The number of rotatable bonds is 2. The topological polar surface area (TPSA) is 58.6 Å². The van der Waals surface area contributed by atoms with Gasteiger partial charge in [-0.1, -0.05) is 6.92 Å². The van der Waals surface area contributed by atoms with E-state index < -0.39 is 5.82 Å². The molecule has 0 aromatic carbocycles. The molecule has 0 aliphatic rings. The third-order valence-corrected chi connectivity index (χ3v) is 3.05. The van der Waals surface area contributed by atoms with Crippen molar-refractivity contribution < 1.29 is 4.39 Å². The number of aromatic nitrogens is 3. The average molecular weight is 298 g/mol. The van der Waals surface area contributed by atoms with Gasteiger partial charge in [-0.05, 0) is 34.5 Å². The van der Waals surface area contributed by atoms with E-state index in [1.165, 1.54) is 12.1 Å². The summed E-state index contributed by atoms with van der Waals surface area (Å²) in [7, 11) is 0. The van der Waals surface area contributed by atoms with E-state index in [4.69, 9.17) is 0 Å². The van der Waals surface area contributed by atoms with E-state index in [1.807, 2.05) is 6.92 Å². The van der Waals surface area contributed by atoms with Gasteiger partial charge in [-0.3, -0.25) is 4.79 Å². The van der Waals surface area contributed by atoms with Gasteiger partial charge in [0.05, 0.1) is 11.9 Å². The molecule has 0 saturated heterocycles. The Labute approximate surface area is 105 Å². The van der Waals surface area contributed by atoms with Crippen LogP contribution in [0.3, 0.4) is 0 Å². The lowest BCUT2D eigenvalue weighted by atomic mass is 10.3. The summed E-state index contributed by atoms with van der Waals surface area (Å²) in [6.45, 7) is 1.90. The molecule has 0 amide bonds. The minimum atomic E-state index is -0.427. The first-order valence-electron chi connectivity index (χ1n) is 5.02. The van der Waals surface area contributed by atoms with Crippen molar-refractivity contribution in [2.24, 2.45) is 0 Å². The Hall–Kier alpha value is -1.56. The molecule has 6 heteroatoms. The Morgan fingerprint density at radius 2 is 2.24 bits per heavy atom. The molecule has 1 N–H and O–H groups in total. The van der Waals surface area contributed by atoms with Crippen molar-refractivity contribution in [3.63, 3.8) is 0 Å². The second-order valence-electron chi connectivity index (χ2n) is 3.39. The van der Waals surface area contributed by atoms with Crippen LogP contribution in [0.1, 0.15) is 12.6 Å². The maximum absolute atomic E-state index is 12.7. The SMILES string of the molecule is CCc1nc(-c2ccc(F)cn2)[nH]c(=O)c1Br. The van der Waals surface area contributed by atoms with Crippen LogP contribution < -0.4 is 5.56 Å². The minimum absolute atomic E-state index is 0.266. The zero-order chi connectivity index (χ0) is 12.4. The first-order chi connectivity index (χ1) is 8.11. The van der Waals surface area contributed by atoms with Crippen LogP contribution in [-0.4, -0.2) is 15.0 Å². The summed E-state index contributed by atoms with van der Waals surface area (Å²) in [5, 5.41) is 0. The first kappa shape index (κ1) is 11.9. The zero-order valence-corrected chi connectivity index (χ0v) is 10.6. The molecule has 2 aromatic heterocycles. The van der Waals surface area contributed by atoms with Gasteiger partial charge in [-0.15, -0.1) is 0 Å². The molecule has 0 fully saturated rings.